The van der Waals surface area contributed by atoms with Gasteiger partial charge in [-0.25, -0.2) is 0 Å². The predicted molar refractivity (Wildman–Crippen MR) is 57.5 cm³/mol. The molecule has 0 bridgehead atoms. The third-order valence-electron chi connectivity index (χ3n) is 3.07. The summed E-state index contributed by atoms with van der Waals surface area (Å²) in [5, 5.41) is 19.3. The number of phenolic OH excluding ortho intramolecular Hbond substituents is 2. The number of aromatic hydroxyl groups is 2. The van der Waals surface area contributed by atoms with Crippen LogP contribution in [0.3, 0.4) is 0 Å². The van der Waals surface area contributed by atoms with Gasteiger partial charge in [0.2, 0.25) is 0 Å². The number of hydrogen-bond donors (Lipinski definition) is 2. The Bertz CT molecular complexity index is 385. The molecular formula is C12H16O3. The fourth-order valence-corrected chi connectivity index (χ4v) is 2.03. The van der Waals surface area contributed by atoms with E-state index < -0.39 is 0 Å². The van der Waals surface area contributed by atoms with Gasteiger partial charge in [0.15, 0.2) is 11.5 Å². The summed E-state index contributed by atoms with van der Waals surface area (Å²) < 4.78 is 5.69. The molecule has 2 rings (SSSR count). The first-order valence-electron chi connectivity index (χ1n) is 5.34. The first kappa shape index (κ1) is 10.1. The highest BCUT2D eigenvalue weighted by atomic mass is 16.5. The lowest BCUT2D eigenvalue weighted by molar-refractivity contribution is 0.162. The minimum Gasteiger partial charge on any atom is -0.508 e. The summed E-state index contributed by atoms with van der Waals surface area (Å²) in [4.78, 5) is 0. The molecule has 0 amide bonds. The van der Waals surface area contributed by atoms with Crippen molar-refractivity contribution >= 4 is 0 Å². The molecule has 82 valence electrons. The Morgan fingerprint density at radius 1 is 1.40 bits per heavy atom. The Morgan fingerprint density at radius 3 is 2.80 bits per heavy atom. The fraction of sp³-hybridized carbons (Fsp3) is 0.500. The molecule has 0 saturated heterocycles. The van der Waals surface area contributed by atoms with E-state index >= 15 is 0 Å². The standard InChI is InChI=1S/C12H16O3/c1-3-8-4-5-9-7(2)10(13)6-11(14)12(9)15-8/h6,8,13-14H,3-5H2,1-2H3. The van der Waals surface area contributed by atoms with Gasteiger partial charge in [-0.3, -0.25) is 0 Å². The Morgan fingerprint density at radius 2 is 2.13 bits per heavy atom. The van der Waals surface area contributed by atoms with Crippen molar-refractivity contribution in [3.63, 3.8) is 0 Å². The second-order valence-electron chi connectivity index (χ2n) is 4.03. The maximum Gasteiger partial charge on any atom is 0.165 e. The summed E-state index contributed by atoms with van der Waals surface area (Å²) in [5.74, 6) is 0.749. The van der Waals surface area contributed by atoms with E-state index in [4.69, 9.17) is 4.74 Å². The predicted octanol–water partition coefficient (Wildman–Crippen LogP) is 2.51. The first-order chi connectivity index (χ1) is 7.13. The molecule has 15 heavy (non-hydrogen) atoms. The molecule has 1 unspecified atom stereocenters. The average molecular weight is 208 g/mol. The van der Waals surface area contributed by atoms with Crippen molar-refractivity contribution in [3.8, 4) is 17.2 Å². The Hall–Kier alpha value is -1.38. The van der Waals surface area contributed by atoms with E-state index in [1.54, 1.807) is 0 Å². The van der Waals surface area contributed by atoms with Crippen molar-refractivity contribution in [2.75, 3.05) is 0 Å². The highest BCUT2D eigenvalue weighted by molar-refractivity contribution is 5.56. The Labute approximate surface area is 89.3 Å². The Kier molecular flexibility index (Phi) is 2.47. The van der Waals surface area contributed by atoms with Gasteiger partial charge in [0.25, 0.3) is 0 Å². The van der Waals surface area contributed by atoms with Crippen molar-refractivity contribution in [2.24, 2.45) is 0 Å². The number of fused-ring (bicyclic) bond motifs is 1. The topological polar surface area (TPSA) is 49.7 Å². The molecule has 0 aliphatic carbocycles. The van der Waals surface area contributed by atoms with Crippen LogP contribution in [0.2, 0.25) is 0 Å². The zero-order valence-electron chi connectivity index (χ0n) is 9.08. The van der Waals surface area contributed by atoms with Gasteiger partial charge in [0, 0.05) is 11.6 Å². The van der Waals surface area contributed by atoms with Gasteiger partial charge in [0.1, 0.15) is 5.75 Å². The van der Waals surface area contributed by atoms with Gasteiger partial charge >= 0.3 is 0 Å². The van der Waals surface area contributed by atoms with Crippen LogP contribution in [-0.4, -0.2) is 16.3 Å². The molecule has 1 atom stereocenters. The zero-order valence-corrected chi connectivity index (χ0v) is 9.08. The SMILES string of the molecule is CCC1CCc2c(C)c(O)cc(O)c2O1. The maximum absolute atomic E-state index is 9.69. The molecule has 3 heteroatoms. The van der Waals surface area contributed by atoms with E-state index in [9.17, 15) is 10.2 Å². The van der Waals surface area contributed by atoms with Crippen molar-refractivity contribution in [3.05, 3.63) is 17.2 Å². The third kappa shape index (κ3) is 1.62. The van der Waals surface area contributed by atoms with E-state index in [-0.39, 0.29) is 17.6 Å². The normalized spacial score (nSPS) is 19.5. The van der Waals surface area contributed by atoms with Crippen molar-refractivity contribution in [1.29, 1.82) is 0 Å². The lowest BCUT2D eigenvalue weighted by Gasteiger charge is -2.27. The molecule has 2 N–H and O–H groups in total. The van der Waals surface area contributed by atoms with Gasteiger partial charge in [-0.05, 0) is 31.7 Å². The van der Waals surface area contributed by atoms with Crippen molar-refractivity contribution in [2.45, 2.75) is 39.2 Å². The summed E-state index contributed by atoms with van der Waals surface area (Å²) in [6, 6.07) is 1.35. The Balaban J connectivity index is 2.47. The fourth-order valence-electron chi connectivity index (χ4n) is 2.03. The van der Waals surface area contributed by atoms with Gasteiger partial charge in [-0.1, -0.05) is 6.92 Å². The van der Waals surface area contributed by atoms with Crippen LogP contribution in [0, 0.1) is 6.92 Å². The number of phenols is 2. The van der Waals surface area contributed by atoms with Crippen LogP contribution in [0.4, 0.5) is 0 Å². The van der Waals surface area contributed by atoms with Gasteiger partial charge in [-0.2, -0.15) is 0 Å². The average Bonchev–Trinajstić information content (AvgIpc) is 2.25. The van der Waals surface area contributed by atoms with E-state index in [1.165, 1.54) is 6.07 Å². The summed E-state index contributed by atoms with van der Waals surface area (Å²) in [5.41, 5.74) is 1.76. The second-order valence-corrected chi connectivity index (χ2v) is 4.03. The van der Waals surface area contributed by atoms with Crippen LogP contribution in [0.1, 0.15) is 30.9 Å². The number of benzene rings is 1. The summed E-state index contributed by atoms with van der Waals surface area (Å²) in [6.45, 7) is 3.92. The van der Waals surface area contributed by atoms with Gasteiger partial charge in [0.05, 0.1) is 6.10 Å². The van der Waals surface area contributed by atoms with Crippen LogP contribution < -0.4 is 4.74 Å². The number of rotatable bonds is 1. The van der Waals surface area contributed by atoms with Crippen molar-refractivity contribution in [1.82, 2.24) is 0 Å². The highest BCUT2D eigenvalue weighted by Gasteiger charge is 2.24. The lowest BCUT2D eigenvalue weighted by atomic mass is 9.96. The molecule has 0 fully saturated rings. The van der Waals surface area contributed by atoms with E-state index in [2.05, 4.69) is 6.92 Å². The van der Waals surface area contributed by atoms with Crippen LogP contribution in [-0.2, 0) is 6.42 Å². The molecule has 0 saturated carbocycles. The third-order valence-corrected chi connectivity index (χ3v) is 3.07. The van der Waals surface area contributed by atoms with Crippen LogP contribution in [0.25, 0.3) is 0 Å². The number of hydrogen-bond acceptors (Lipinski definition) is 3. The first-order valence-corrected chi connectivity index (χ1v) is 5.34. The van der Waals surface area contributed by atoms with Crippen molar-refractivity contribution < 1.29 is 14.9 Å². The largest absolute Gasteiger partial charge is 0.508 e. The molecule has 1 aliphatic rings. The minimum atomic E-state index is 0.0475. The van der Waals surface area contributed by atoms with Gasteiger partial charge < -0.3 is 14.9 Å². The molecule has 0 spiro atoms. The molecule has 1 aliphatic heterocycles. The monoisotopic (exact) mass is 208 g/mol. The molecule has 3 nitrogen and oxygen atoms in total. The zero-order chi connectivity index (χ0) is 11.0. The summed E-state index contributed by atoms with van der Waals surface area (Å²) >= 11 is 0. The quantitative estimate of drug-likeness (QED) is 0.745. The maximum atomic E-state index is 9.69. The second kappa shape index (κ2) is 3.65. The van der Waals surface area contributed by atoms with Crippen LogP contribution in [0.15, 0.2) is 6.07 Å². The molecule has 1 aromatic carbocycles. The molecule has 1 heterocycles. The lowest BCUT2D eigenvalue weighted by Crippen LogP contribution is -2.22. The summed E-state index contributed by atoms with van der Waals surface area (Å²) in [6.07, 6.45) is 2.94. The smallest absolute Gasteiger partial charge is 0.165 e. The van der Waals surface area contributed by atoms with E-state index in [0.29, 0.717) is 5.75 Å². The van der Waals surface area contributed by atoms with Crippen LogP contribution in [0.5, 0.6) is 17.2 Å². The molecule has 0 radical (unpaired) electrons. The minimum absolute atomic E-state index is 0.0475. The van der Waals surface area contributed by atoms with E-state index in [0.717, 1.165) is 30.4 Å². The number of ether oxygens (including phenoxy) is 1. The molecular weight excluding hydrogens is 192 g/mol. The van der Waals surface area contributed by atoms with Gasteiger partial charge in [-0.15, -0.1) is 0 Å². The van der Waals surface area contributed by atoms with E-state index in [1.807, 2.05) is 6.92 Å². The highest BCUT2D eigenvalue weighted by Crippen LogP contribution is 2.42. The molecule has 0 aromatic heterocycles. The van der Waals surface area contributed by atoms with Crippen LogP contribution >= 0.6 is 0 Å². The summed E-state index contributed by atoms with van der Waals surface area (Å²) in [7, 11) is 0. The molecule has 1 aromatic rings.